The quantitative estimate of drug-likeness (QED) is 0.872. The molecule has 1 saturated heterocycles. The molecule has 0 spiro atoms. The summed E-state index contributed by atoms with van der Waals surface area (Å²) in [6.07, 6.45) is 3.14. The van der Waals surface area contributed by atoms with Crippen molar-refractivity contribution < 1.29 is 14.3 Å². The Morgan fingerprint density at radius 1 is 1.33 bits per heavy atom. The van der Waals surface area contributed by atoms with E-state index in [0.717, 1.165) is 42.9 Å². The van der Waals surface area contributed by atoms with Crippen LogP contribution in [0.15, 0.2) is 18.2 Å². The molecule has 2 atom stereocenters. The minimum absolute atomic E-state index is 0.0482. The summed E-state index contributed by atoms with van der Waals surface area (Å²) in [5, 5.41) is 6.31. The number of benzene rings is 1. The lowest BCUT2D eigenvalue weighted by Crippen LogP contribution is -2.47. The molecule has 2 unspecified atom stereocenters. The van der Waals surface area contributed by atoms with E-state index in [1.807, 2.05) is 25.1 Å². The number of hydrogen-bond acceptors (Lipinski definition) is 4. The molecule has 0 radical (unpaired) electrons. The van der Waals surface area contributed by atoms with Gasteiger partial charge >= 0.3 is 0 Å². The molecule has 0 aromatic heterocycles. The van der Waals surface area contributed by atoms with Crippen molar-refractivity contribution in [1.82, 2.24) is 10.6 Å². The van der Waals surface area contributed by atoms with Crippen LogP contribution in [0, 0.1) is 0 Å². The topological polar surface area (TPSA) is 59.6 Å². The van der Waals surface area contributed by atoms with Crippen LogP contribution in [-0.4, -0.2) is 32.7 Å². The normalized spacial score (nSPS) is 19.7. The lowest BCUT2D eigenvalue weighted by Gasteiger charge is -2.25. The highest BCUT2D eigenvalue weighted by atomic mass is 16.5. The van der Waals surface area contributed by atoms with Gasteiger partial charge in [0.05, 0.1) is 26.3 Å². The molecule has 1 aliphatic heterocycles. The highest BCUT2D eigenvalue weighted by Crippen LogP contribution is 2.29. The van der Waals surface area contributed by atoms with Crippen molar-refractivity contribution in [1.29, 1.82) is 0 Å². The Labute approximate surface area is 126 Å². The van der Waals surface area contributed by atoms with E-state index >= 15 is 0 Å². The first-order valence-corrected chi connectivity index (χ1v) is 7.41. The Balaban J connectivity index is 2.08. The summed E-state index contributed by atoms with van der Waals surface area (Å²) in [7, 11) is 3.25. The number of hydrogen-bond donors (Lipinski definition) is 2. The molecule has 2 N–H and O–H groups in total. The first-order valence-electron chi connectivity index (χ1n) is 7.41. The SMILES string of the molecule is COc1ccc(OC)c(C(C)NC(=O)C2CCCCN2)c1. The van der Waals surface area contributed by atoms with Crippen molar-refractivity contribution in [3.8, 4) is 11.5 Å². The smallest absolute Gasteiger partial charge is 0.237 e. The average Bonchev–Trinajstić information content (AvgIpc) is 2.54. The van der Waals surface area contributed by atoms with Crippen LogP contribution in [0.5, 0.6) is 11.5 Å². The molecular weight excluding hydrogens is 268 g/mol. The first kappa shape index (κ1) is 15.6. The maximum atomic E-state index is 12.3. The van der Waals surface area contributed by atoms with Crippen molar-refractivity contribution in [3.05, 3.63) is 23.8 Å². The summed E-state index contributed by atoms with van der Waals surface area (Å²) < 4.78 is 10.6. The predicted octanol–water partition coefficient (Wildman–Crippen LogP) is 2.02. The summed E-state index contributed by atoms with van der Waals surface area (Å²) in [5.41, 5.74) is 0.918. The van der Waals surface area contributed by atoms with Gasteiger partial charge in [0, 0.05) is 5.56 Å². The van der Waals surface area contributed by atoms with Crippen LogP contribution >= 0.6 is 0 Å². The van der Waals surface area contributed by atoms with Gasteiger partial charge in [-0.25, -0.2) is 0 Å². The van der Waals surface area contributed by atoms with Gasteiger partial charge in [0.1, 0.15) is 11.5 Å². The zero-order chi connectivity index (χ0) is 15.2. The zero-order valence-electron chi connectivity index (χ0n) is 12.9. The molecule has 0 saturated carbocycles. The average molecular weight is 292 g/mol. The second kappa shape index (κ2) is 7.31. The minimum atomic E-state index is -0.133. The van der Waals surface area contributed by atoms with Crippen molar-refractivity contribution in [3.63, 3.8) is 0 Å². The summed E-state index contributed by atoms with van der Waals surface area (Å²) in [6.45, 7) is 2.87. The summed E-state index contributed by atoms with van der Waals surface area (Å²) >= 11 is 0. The van der Waals surface area contributed by atoms with Gasteiger partial charge in [-0.05, 0) is 44.5 Å². The maximum Gasteiger partial charge on any atom is 0.237 e. The number of methoxy groups -OCH3 is 2. The molecular formula is C16H24N2O3. The third-order valence-corrected chi connectivity index (χ3v) is 3.89. The van der Waals surface area contributed by atoms with Gasteiger partial charge in [-0.3, -0.25) is 4.79 Å². The molecule has 0 bridgehead atoms. The van der Waals surface area contributed by atoms with E-state index < -0.39 is 0 Å². The van der Waals surface area contributed by atoms with Crippen LogP contribution < -0.4 is 20.1 Å². The van der Waals surface area contributed by atoms with Gasteiger partial charge in [-0.1, -0.05) is 6.42 Å². The molecule has 1 aromatic carbocycles. The molecule has 1 amide bonds. The second-order valence-electron chi connectivity index (χ2n) is 5.34. The number of nitrogens with one attached hydrogen (secondary N) is 2. The molecule has 21 heavy (non-hydrogen) atoms. The van der Waals surface area contributed by atoms with Gasteiger partial charge in [0.2, 0.25) is 5.91 Å². The zero-order valence-corrected chi connectivity index (χ0v) is 12.9. The van der Waals surface area contributed by atoms with Crippen LogP contribution in [0.25, 0.3) is 0 Å². The number of piperidine rings is 1. The molecule has 2 rings (SSSR count). The molecule has 1 heterocycles. The highest BCUT2D eigenvalue weighted by Gasteiger charge is 2.23. The van der Waals surface area contributed by atoms with Gasteiger partial charge in [0.25, 0.3) is 0 Å². The molecule has 5 nitrogen and oxygen atoms in total. The highest BCUT2D eigenvalue weighted by molar-refractivity contribution is 5.82. The van der Waals surface area contributed by atoms with Crippen molar-refractivity contribution >= 4 is 5.91 Å². The van der Waals surface area contributed by atoms with E-state index in [1.54, 1.807) is 14.2 Å². The van der Waals surface area contributed by atoms with E-state index in [9.17, 15) is 4.79 Å². The Hall–Kier alpha value is -1.75. The van der Waals surface area contributed by atoms with Crippen LogP contribution in [0.4, 0.5) is 0 Å². The molecule has 1 aliphatic rings. The number of ether oxygens (including phenoxy) is 2. The summed E-state index contributed by atoms with van der Waals surface area (Å²) in [5.74, 6) is 1.55. The van der Waals surface area contributed by atoms with Gasteiger partial charge in [-0.2, -0.15) is 0 Å². The van der Waals surface area contributed by atoms with Crippen molar-refractivity contribution in [2.75, 3.05) is 20.8 Å². The van der Waals surface area contributed by atoms with Crippen molar-refractivity contribution in [2.45, 2.75) is 38.3 Å². The minimum Gasteiger partial charge on any atom is -0.497 e. The Morgan fingerprint density at radius 2 is 2.14 bits per heavy atom. The number of rotatable bonds is 5. The van der Waals surface area contributed by atoms with Crippen LogP contribution in [0.3, 0.4) is 0 Å². The van der Waals surface area contributed by atoms with E-state index in [-0.39, 0.29) is 18.0 Å². The van der Waals surface area contributed by atoms with Gasteiger partial charge < -0.3 is 20.1 Å². The second-order valence-corrected chi connectivity index (χ2v) is 5.34. The molecule has 0 aliphatic carbocycles. The summed E-state index contributed by atoms with van der Waals surface area (Å²) in [6, 6.07) is 5.39. The third-order valence-electron chi connectivity index (χ3n) is 3.89. The third kappa shape index (κ3) is 3.88. The van der Waals surface area contributed by atoms with E-state index in [0.29, 0.717) is 0 Å². The Morgan fingerprint density at radius 3 is 2.76 bits per heavy atom. The Bertz CT molecular complexity index is 484. The number of carbonyl (C=O) groups excluding carboxylic acids is 1. The molecule has 116 valence electrons. The Kier molecular flexibility index (Phi) is 5.44. The summed E-state index contributed by atoms with van der Waals surface area (Å²) in [4.78, 5) is 12.3. The fourth-order valence-electron chi connectivity index (χ4n) is 2.65. The fraction of sp³-hybridized carbons (Fsp3) is 0.562. The predicted molar refractivity (Wildman–Crippen MR) is 81.7 cm³/mol. The van der Waals surface area contributed by atoms with Gasteiger partial charge in [0.15, 0.2) is 0 Å². The monoisotopic (exact) mass is 292 g/mol. The first-order chi connectivity index (χ1) is 10.2. The van der Waals surface area contributed by atoms with Gasteiger partial charge in [-0.15, -0.1) is 0 Å². The maximum absolute atomic E-state index is 12.3. The number of amides is 1. The van der Waals surface area contributed by atoms with E-state index in [2.05, 4.69) is 10.6 Å². The molecule has 1 fully saturated rings. The lowest BCUT2D eigenvalue weighted by atomic mass is 10.0. The van der Waals surface area contributed by atoms with E-state index in [4.69, 9.17) is 9.47 Å². The molecule has 1 aromatic rings. The van der Waals surface area contributed by atoms with Crippen molar-refractivity contribution in [2.24, 2.45) is 0 Å². The fourth-order valence-corrected chi connectivity index (χ4v) is 2.65. The lowest BCUT2D eigenvalue weighted by molar-refractivity contribution is -0.124. The van der Waals surface area contributed by atoms with Crippen LogP contribution in [0.1, 0.15) is 37.8 Å². The van der Waals surface area contributed by atoms with Crippen LogP contribution in [-0.2, 0) is 4.79 Å². The van der Waals surface area contributed by atoms with Crippen LogP contribution in [0.2, 0.25) is 0 Å². The number of carbonyl (C=O) groups is 1. The van der Waals surface area contributed by atoms with E-state index in [1.165, 1.54) is 0 Å². The largest absolute Gasteiger partial charge is 0.497 e. The standard InChI is InChI=1S/C16H24N2O3/c1-11(18-16(19)14-6-4-5-9-17-14)13-10-12(20-2)7-8-15(13)21-3/h7-8,10-11,14,17H,4-6,9H2,1-3H3,(H,18,19). The molecule has 5 heteroatoms.